The number of aromatic nitrogens is 1. The van der Waals surface area contributed by atoms with Gasteiger partial charge in [0.25, 0.3) is 0 Å². The Morgan fingerprint density at radius 1 is 1.28 bits per heavy atom. The highest BCUT2D eigenvalue weighted by molar-refractivity contribution is 9.10. The molecule has 0 radical (unpaired) electrons. The zero-order chi connectivity index (χ0) is 13.3. The molecule has 1 heterocycles. The number of benzene rings is 1. The molecule has 0 aliphatic rings. The van der Waals surface area contributed by atoms with E-state index in [-0.39, 0.29) is 11.6 Å². The van der Waals surface area contributed by atoms with E-state index < -0.39 is 11.6 Å². The van der Waals surface area contributed by atoms with E-state index >= 15 is 0 Å². The van der Waals surface area contributed by atoms with Crippen LogP contribution in [0.25, 0.3) is 0 Å². The zero-order valence-electron chi connectivity index (χ0n) is 9.38. The van der Waals surface area contributed by atoms with Gasteiger partial charge in [-0.1, -0.05) is 15.9 Å². The average molecular weight is 315 g/mol. The number of ether oxygens (including phenoxy) is 1. The van der Waals surface area contributed by atoms with Gasteiger partial charge in [-0.2, -0.15) is 4.39 Å². The Bertz CT molecular complexity index is 605. The molecular weight excluding hydrogens is 306 g/mol. The number of rotatable bonds is 2. The van der Waals surface area contributed by atoms with Crippen LogP contribution in [-0.4, -0.2) is 4.98 Å². The fourth-order valence-corrected chi connectivity index (χ4v) is 1.70. The summed E-state index contributed by atoms with van der Waals surface area (Å²) < 4.78 is 32.2. The van der Waals surface area contributed by atoms with Crippen LogP contribution in [0.1, 0.15) is 5.56 Å². The lowest BCUT2D eigenvalue weighted by molar-refractivity contribution is 0.405. The lowest BCUT2D eigenvalue weighted by atomic mass is 10.2. The number of nitrogens with zero attached hydrogens (tertiary/aromatic N) is 1. The molecule has 2 N–H and O–H groups in total. The summed E-state index contributed by atoms with van der Waals surface area (Å²) in [4.78, 5) is 3.93. The maximum atomic E-state index is 13.5. The first kappa shape index (κ1) is 12.8. The number of aryl methyl sites for hydroxylation is 1. The molecule has 0 atom stereocenters. The molecule has 0 fully saturated rings. The molecule has 0 amide bonds. The van der Waals surface area contributed by atoms with Gasteiger partial charge < -0.3 is 10.5 Å². The van der Waals surface area contributed by atoms with Crippen LogP contribution in [-0.2, 0) is 0 Å². The first-order valence-electron chi connectivity index (χ1n) is 5.02. The molecule has 0 unspecified atom stereocenters. The topological polar surface area (TPSA) is 48.1 Å². The van der Waals surface area contributed by atoms with Gasteiger partial charge >= 0.3 is 0 Å². The third-order valence-electron chi connectivity index (χ3n) is 2.29. The van der Waals surface area contributed by atoms with Crippen molar-refractivity contribution in [1.82, 2.24) is 4.98 Å². The highest BCUT2D eigenvalue weighted by Gasteiger charge is 2.13. The van der Waals surface area contributed by atoms with E-state index in [0.717, 1.165) is 11.6 Å². The fraction of sp³-hybridized carbons (Fsp3) is 0.0833. The highest BCUT2D eigenvalue weighted by Crippen LogP contribution is 2.29. The molecular formula is C12H9BrF2N2O. The summed E-state index contributed by atoms with van der Waals surface area (Å²) in [5.41, 5.74) is 6.92. The summed E-state index contributed by atoms with van der Waals surface area (Å²) >= 11 is 3.05. The lowest BCUT2D eigenvalue weighted by Crippen LogP contribution is -1.96. The summed E-state index contributed by atoms with van der Waals surface area (Å²) in [6.07, 6.45) is 1.50. The highest BCUT2D eigenvalue weighted by atomic mass is 79.9. The van der Waals surface area contributed by atoms with E-state index in [0.29, 0.717) is 10.2 Å². The van der Waals surface area contributed by atoms with E-state index in [9.17, 15) is 8.78 Å². The van der Waals surface area contributed by atoms with Crippen LogP contribution in [0.4, 0.5) is 14.5 Å². The standard InChI is InChI=1S/C12H9BrF2N2O/c1-6-5-17-11(4-9(6)16)18-10-3-7(13)2-8(14)12(10)15/h2-5H,1H3,(H2,16,17). The van der Waals surface area contributed by atoms with Gasteiger partial charge in [0.1, 0.15) is 0 Å². The lowest BCUT2D eigenvalue weighted by Gasteiger charge is -2.08. The third-order valence-corrected chi connectivity index (χ3v) is 2.75. The van der Waals surface area contributed by atoms with Crippen molar-refractivity contribution < 1.29 is 13.5 Å². The van der Waals surface area contributed by atoms with Gasteiger partial charge in [-0.25, -0.2) is 9.37 Å². The normalized spacial score (nSPS) is 10.4. The molecule has 3 nitrogen and oxygen atoms in total. The van der Waals surface area contributed by atoms with Gasteiger partial charge in [-0.05, 0) is 24.6 Å². The second-order valence-corrected chi connectivity index (χ2v) is 4.60. The van der Waals surface area contributed by atoms with Gasteiger partial charge in [0.15, 0.2) is 11.6 Å². The second-order valence-electron chi connectivity index (χ2n) is 3.68. The number of hydrogen-bond donors (Lipinski definition) is 1. The molecule has 0 bridgehead atoms. The molecule has 6 heteroatoms. The van der Waals surface area contributed by atoms with Crippen LogP contribution in [0.2, 0.25) is 0 Å². The molecule has 0 saturated heterocycles. The molecule has 0 aliphatic carbocycles. The molecule has 0 saturated carbocycles. The predicted molar refractivity (Wildman–Crippen MR) is 67.5 cm³/mol. The van der Waals surface area contributed by atoms with Crippen molar-refractivity contribution in [3.8, 4) is 11.6 Å². The Balaban J connectivity index is 2.36. The van der Waals surface area contributed by atoms with Crippen molar-refractivity contribution in [2.24, 2.45) is 0 Å². The van der Waals surface area contributed by atoms with E-state index in [1.54, 1.807) is 6.92 Å². The van der Waals surface area contributed by atoms with Crippen molar-refractivity contribution in [1.29, 1.82) is 0 Å². The Kier molecular flexibility index (Phi) is 3.47. The summed E-state index contributed by atoms with van der Waals surface area (Å²) in [5, 5.41) is 0. The largest absolute Gasteiger partial charge is 0.436 e. The zero-order valence-corrected chi connectivity index (χ0v) is 11.0. The smallest absolute Gasteiger partial charge is 0.221 e. The quantitative estimate of drug-likeness (QED) is 0.858. The minimum atomic E-state index is -1.07. The van der Waals surface area contributed by atoms with Gasteiger partial charge in [-0.3, -0.25) is 0 Å². The van der Waals surface area contributed by atoms with Gasteiger partial charge in [0.2, 0.25) is 11.7 Å². The third kappa shape index (κ3) is 2.59. The maximum Gasteiger partial charge on any atom is 0.221 e. The molecule has 1 aromatic carbocycles. The SMILES string of the molecule is Cc1cnc(Oc2cc(Br)cc(F)c2F)cc1N. The minimum absolute atomic E-state index is 0.106. The van der Waals surface area contributed by atoms with E-state index in [1.165, 1.54) is 18.3 Å². The number of anilines is 1. The summed E-state index contributed by atoms with van der Waals surface area (Å²) in [6.45, 7) is 1.78. The van der Waals surface area contributed by atoms with Crippen molar-refractivity contribution >= 4 is 21.6 Å². The Labute approximate surface area is 111 Å². The van der Waals surface area contributed by atoms with Gasteiger partial charge in [0, 0.05) is 22.4 Å². The maximum absolute atomic E-state index is 13.5. The van der Waals surface area contributed by atoms with Gasteiger partial charge in [0.05, 0.1) is 0 Å². The molecule has 2 aromatic rings. The van der Waals surface area contributed by atoms with E-state index in [1.807, 2.05) is 0 Å². The second kappa shape index (κ2) is 4.89. The average Bonchev–Trinajstić information content (AvgIpc) is 2.30. The van der Waals surface area contributed by atoms with Gasteiger partial charge in [-0.15, -0.1) is 0 Å². The predicted octanol–water partition coefficient (Wildman–Crippen LogP) is 3.81. The van der Waals surface area contributed by atoms with Crippen LogP contribution < -0.4 is 10.5 Å². The minimum Gasteiger partial charge on any atom is -0.436 e. The van der Waals surface area contributed by atoms with Crippen LogP contribution in [0, 0.1) is 18.6 Å². The van der Waals surface area contributed by atoms with E-state index in [4.69, 9.17) is 10.5 Å². The summed E-state index contributed by atoms with van der Waals surface area (Å²) in [5.74, 6) is -2.22. The molecule has 94 valence electrons. The first-order valence-corrected chi connectivity index (χ1v) is 5.81. The van der Waals surface area contributed by atoms with Crippen molar-refractivity contribution in [3.05, 3.63) is 46.1 Å². The van der Waals surface area contributed by atoms with Crippen LogP contribution in [0.15, 0.2) is 28.9 Å². The fourth-order valence-electron chi connectivity index (χ4n) is 1.29. The number of pyridine rings is 1. The van der Waals surface area contributed by atoms with Crippen molar-refractivity contribution in [3.63, 3.8) is 0 Å². The molecule has 18 heavy (non-hydrogen) atoms. The Morgan fingerprint density at radius 3 is 2.67 bits per heavy atom. The molecule has 0 aliphatic heterocycles. The Hall–Kier alpha value is -1.69. The van der Waals surface area contributed by atoms with Crippen molar-refractivity contribution in [2.75, 3.05) is 5.73 Å². The summed E-state index contributed by atoms with van der Waals surface area (Å²) in [6, 6.07) is 3.78. The van der Waals surface area contributed by atoms with E-state index in [2.05, 4.69) is 20.9 Å². The number of hydrogen-bond acceptors (Lipinski definition) is 3. The Morgan fingerprint density at radius 2 is 2.00 bits per heavy atom. The molecule has 0 spiro atoms. The van der Waals surface area contributed by atoms with Crippen LogP contribution in [0.5, 0.6) is 11.6 Å². The van der Waals surface area contributed by atoms with Crippen LogP contribution in [0.3, 0.4) is 0 Å². The molecule has 2 rings (SSSR count). The number of nitrogens with two attached hydrogens (primary N) is 1. The number of halogens is 3. The summed E-state index contributed by atoms with van der Waals surface area (Å²) in [7, 11) is 0. The monoisotopic (exact) mass is 314 g/mol. The van der Waals surface area contributed by atoms with Crippen molar-refractivity contribution in [2.45, 2.75) is 6.92 Å². The molecule has 1 aromatic heterocycles. The van der Waals surface area contributed by atoms with Crippen LogP contribution >= 0.6 is 15.9 Å². The number of nitrogen functional groups attached to an aromatic ring is 1. The first-order chi connectivity index (χ1) is 8.47.